The van der Waals surface area contributed by atoms with Crippen molar-refractivity contribution in [2.24, 2.45) is 0 Å². The van der Waals surface area contributed by atoms with E-state index in [2.05, 4.69) is 5.70 Å². The van der Waals surface area contributed by atoms with Crippen molar-refractivity contribution in [3.05, 3.63) is 36.3 Å². The Hall–Kier alpha value is -1.82. The molecule has 6 heteroatoms. The van der Waals surface area contributed by atoms with Crippen molar-refractivity contribution >= 4 is 21.7 Å². The summed E-state index contributed by atoms with van der Waals surface area (Å²) in [7, 11) is -0.259. The molecule has 0 fully saturated rings. The first-order valence-electron chi connectivity index (χ1n) is 3.70. The zero-order valence-corrected chi connectivity index (χ0v) is 8.70. The molecule has 76 valence electrons. The van der Waals surface area contributed by atoms with Gasteiger partial charge in [-0.25, -0.2) is 9.59 Å². The molecular formula is C8H10O5Si. The molecule has 0 radical (unpaired) electrons. The Balaban J connectivity index is 0.000000249. The van der Waals surface area contributed by atoms with Gasteiger partial charge in [-0.15, -0.1) is 0 Å². The standard InChI is InChI=1S/C4H4O4.C4H6OSi/c5-3(6)1-2-4(7)8;1-2-4-6-5-3-1/h1-2H,(H,5,6)(H,7,8);1-4H,6H2/b2-1+;. The lowest BCUT2D eigenvalue weighted by molar-refractivity contribution is -0.134. The molecule has 0 bridgehead atoms. The highest BCUT2D eigenvalue weighted by Gasteiger charge is 1.88. The molecule has 1 aliphatic rings. The Labute approximate surface area is 82.9 Å². The fraction of sp³-hybridized carbons (Fsp3) is 0. The molecule has 0 aromatic carbocycles. The van der Waals surface area contributed by atoms with E-state index in [9.17, 15) is 9.59 Å². The normalized spacial score (nSPS) is 14.6. The maximum atomic E-state index is 9.55. The van der Waals surface area contributed by atoms with Crippen molar-refractivity contribution in [3.8, 4) is 0 Å². The van der Waals surface area contributed by atoms with E-state index < -0.39 is 11.9 Å². The Morgan fingerprint density at radius 1 is 1.14 bits per heavy atom. The van der Waals surface area contributed by atoms with Gasteiger partial charge in [0.15, 0.2) is 0 Å². The van der Waals surface area contributed by atoms with Crippen molar-refractivity contribution in [1.29, 1.82) is 0 Å². The summed E-state index contributed by atoms with van der Waals surface area (Å²) >= 11 is 0. The Morgan fingerprint density at radius 2 is 1.71 bits per heavy atom. The summed E-state index contributed by atoms with van der Waals surface area (Å²) in [4.78, 5) is 19.1. The Bertz CT molecular complexity index is 251. The average molecular weight is 214 g/mol. The van der Waals surface area contributed by atoms with Gasteiger partial charge in [-0.3, -0.25) is 0 Å². The maximum absolute atomic E-state index is 9.55. The van der Waals surface area contributed by atoms with E-state index in [0.29, 0.717) is 12.2 Å². The van der Waals surface area contributed by atoms with Crippen LogP contribution in [0, 0.1) is 0 Å². The molecule has 2 N–H and O–H groups in total. The summed E-state index contributed by atoms with van der Waals surface area (Å²) < 4.78 is 4.94. The Morgan fingerprint density at radius 3 is 1.86 bits per heavy atom. The topological polar surface area (TPSA) is 83.8 Å². The second kappa shape index (κ2) is 7.81. The van der Waals surface area contributed by atoms with Gasteiger partial charge in [0.2, 0.25) is 9.76 Å². The van der Waals surface area contributed by atoms with Gasteiger partial charge < -0.3 is 14.6 Å². The quantitative estimate of drug-likeness (QED) is 0.493. The van der Waals surface area contributed by atoms with E-state index in [-0.39, 0.29) is 9.76 Å². The van der Waals surface area contributed by atoms with Gasteiger partial charge in [-0.05, 0) is 6.08 Å². The first-order chi connectivity index (χ1) is 6.63. The molecule has 0 aromatic rings. The molecule has 0 amide bonds. The number of aliphatic carboxylic acids is 2. The third kappa shape index (κ3) is 10.2. The SMILES string of the molecule is C1=CO[SiH2]C=C1.O=C(O)/C=C/C(=O)O. The Kier molecular flexibility index (Phi) is 6.79. The van der Waals surface area contributed by atoms with Gasteiger partial charge in [0.1, 0.15) is 0 Å². The fourth-order valence-corrected chi connectivity index (χ4v) is 1.09. The number of allylic oxidation sites excluding steroid dienone is 2. The molecular weight excluding hydrogens is 204 g/mol. The highest BCUT2D eigenvalue weighted by Crippen LogP contribution is 1.84. The fourth-order valence-electron chi connectivity index (χ4n) is 0.489. The predicted octanol–water partition coefficient (Wildman–Crippen LogP) is -0.160. The number of carbonyl (C=O) groups is 2. The zero-order valence-electron chi connectivity index (χ0n) is 7.29. The van der Waals surface area contributed by atoms with Crippen molar-refractivity contribution in [2.75, 3.05) is 0 Å². The highest BCUT2D eigenvalue weighted by atomic mass is 28.2. The third-order valence-electron chi connectivity index (χ3n) is 0.983. The minimum absolute atomic E-state index is 0.259. The molecule has 0 saturated heterocycles. The predicted molar refractivity (Wildman–Crippen MR) is 52.3 cm³/mol. The van der Waals surface area contributed by atoms with Crippen LogP contribution in [0.15, 0.2) is 36.3 Å². The van der Waals surface area contributed by atoms with Crippen LogP contribution in [0.3, 0.4) is 0 Å². The number of hydrogen-bond donors (Lipinski definition) is 2. The first-order valence-corrected chi connectivity index (χ1v) is 5.09. The van der Waals surface area contributed by atoms with Crippen LogP contribution < -0.4 is 0 Å². The number of carboxylic acids is 2. The first kappa shape index (κ1) is 12.2. The largest absolute Gasteiger partial charge is 0.551 e. The summed E-state index contributed by atoms with van der Waals surface area (Å²) in [5, 5.41) is 15.6. The van der Waals surface area contributed by atoms with Gasteiger partial charge in [-0.2, -0.15) is 0 Å². The van der Waals surface area contributed by atoms with Gasteiger partial charge in [-0.1, -0.05) is 11.8 Å². The number of hydrogen-bond acceptors (Lipinski definition) is 3. The summed E-state index contributed by atoms with van der Waals surface area (Å²) in [5.74, 6) is -2.51. The lowest BCUT2D eigenvalue weighted by atomic mass is 10.5. The second-order valence-electron chi connectivity index (χ2n) is 2.10. The van der Waals surface area contributed by atoms with Crippen LogP contribution in [0.1, 0.15) is 0 Å². The summed E-state index contributed by atoms with van der Waals surface area (Å²) in [6, 6.07) is 0. The van der Waals surface area contributed by atoms with Crippen molar-refractivity contribution in [3.63, 3.8) is 0 Å². The van der Waals surface area contributed by atoms with E-state index in [1.54, 1.807) is 6.26 Å². The molecule has 0 unspecified atom stereocenters. The molecule has 0 aliphatic carbocycles. The van der Waals surface area contributed by atoms with Crippen LogP contribution in [-0.2, 0) is 14.0 Å². The lowest BCUT2D eigenvalue weighted by Gasteiger charge is -1.94. The molecule has 1 heterocycles. The second-order valence-corrected chi connectivity index (χ2v) is 3.24. The van der Waals surface area contributed by atoms with Gasteiger partial charge >= 0.3 is 11.9 Å². The van der Waals surface area contributed by atoms with Crippen LogP contribution in [0.25, 0.3) is 0 Å². The molecule has 0 spiro atoms. The van der Waals surface area contributed by atoms with Crippen molar-refractivity contribution < 1.29 is 24.2 Å². The molecule has 0 saturated carbocycles. The van der Waals surface area contributed by atoms with Crippen molar-refractivity contribution in [1.82, 2.24) is 0 Å². The van der Waals surface area contributed by atoms with Crippen LogP contribution in [0.4, 0.5) is 0 Å². The van der Waals surface area contributed by atoms with Gasteiger partial charge in [0.05, 0.1) is 6.26 Å². The van der Waals surface area contributed by atoms with Crippen LogP contribution >= 0.6 is 0 Å². The van der Waals surface area contributed by atoms with Gasteiger partial charge in [0.25, 0.3) is 0 Å². The summed E-state index contributed by atoms with van der Waals surface area (Å²) in [6.45, 7) is 0. The smallest absolute Gasteiger partial charge is 0.328 e. The van der Waals surface area contributed by atoms with Crippen LogP contribution in [0.5, 0.6) is 0 Å². The zero-order chi connectivity index (χ0) is 10.8. The molecule has 14 heavy (non-hydrogen) atoms. The third-order valence-corrected chi connectivity index (χ3v) is 1.83. The van der Waals surface area contributed by atoms with E-state index in [0.717, 1.165) is 0 Å². The van der Waals surface area contributed by atoms with E-state index in [1.807, 2.05) is 12.2 Å². The van der Waals surface area contributed by atoms with E-state index >= 15 is 0 Å². The van der Waals surface area contributed by atoms with E-state index in [4.69, 9.17) is 14.6 Å². The maximum Gasteiger partial charge on any atom is 0.328 e. The highest BCUT2D eigenvalue weighted by molar-refractivity contribution is 6.34. The molecule has 1 aliphatic heterocycles. The lowest BCUT2D eigenvalue weighted by Crippen LogP contribution is -1.91. The van der Waals surface area contributed by atoms with Crippen molar-refractivity contribution in [2.45, 2.75) is 0 Å². The minimum atomic E-state index is -1.26. The van der Waals surface area contributed by atoms with E-state index in [1.165, 1.54) is 0 Å². The average Bonchev–Trinajstić information content (AvgIpc) is 2.18. The van der Waals surface area contributed by atoms with Crippen LogP contribution in [0.2, 0.25) is 0 Å². The molecule has 0 atom stereocenters. The summed E-state index contributed by atoms with van der Waals surface area (Å²) in [6.07, 6.45) is 6.78. The number of rotatable bonds is 2. The van der Waals surface area contributed by atoms with Crippen LogP contribution in [-0.4, -0.2) is 31.9 Å². The van der Waals surface area contributed by atoms with Gasteiger partial charge in [0, 0.05) is 12.2 Å². The summed E-state index contributed by atoms with van der Waals surface area (Å²) in [5.41, 5.74) is 2.10. The minimum Gasteiger partial charge on any atom is -0.551 e. The molecule has 0 aromatic heterocycles. The monoisotopic (exact) mass is 214 g/mol. The molecule has 5 nitrogen and oxygen atoms in total. The molecule has 1 rings (SSSR count). The number of carboxylic acid groups (broad SMARTS) is 2.